The third-order valence-electron chi connectivity index (χ3n) is 5.79. The molecule has 0 aromatic heterocycles. The van der Waals surface area contributed by atoms with Gasteiger partial charge in [0.05, 0.1) is 16.7 Å². The summed E-state index contributed by atoms with van der Waals surface area (Å²) in [5.74, 6) is -0.453. The molecule has 0 bridgehead atoms. The van der Waals surface area contributed by atoms with Gasteiger partial charge in [0.2, 0.25) is 11.8 Å². The van der Waals surface area contributed by atoms with E-state index in [0.717, 1.165) is 32.1 Å². The lowest BCUT2D eigenvalue weighted by Gasteiger charge is -2.42. The first-order chi connectivity index (χ1) is 11.3. The van der Waals surface area contributed by atoms with Gasteiger partial charge in [-0.05, 0) is 46.0 Å². The Hall–Kier alpha value is -1.56. The van der Waals surface area contributed by atoms with Crippen molar-refractivity contribution in [1.29, 1.82) is 0 Å². The van der Waals surface area contributed by atoms with Crippen molar-refractivity contribution in [2.75, 3.05) is 19.0 Å². The number of esters is 1. The number of ether oxygens (including phenoxy) is 1. The molecule has 0 unspecified atom stereocenters. The number of carbonyl (C=O) groups is 3. The van der Waals surface area contributed by atoms with Crippen LogP contribution >= 0.6 is 11.6 Å². The normalized spacial score (nSPS) is 33.4. The number of nitrogens with one attached hydrogen (secondary N) is 1. The molecule has 0 aromatic carbocycles. The van der Waals surface area contributed by atoms with Crippen LogP contribution in [0.2, 0.25) is 0 Å². The Bertz CT molecular complexity index is 620. The van der Waals surface area contributed by atoms with Crippen LogP contribution < -0.4 is 5.32 Å². The summed E-state index contributed by atoms with van der Waals surface area (Å²) in [4.78, 5) is 37.9. The predicted molar refractivity (Wildman–Crippen MR) is 88.2 cm³/mol. The number of likely N-dealkylation sites (tertiary alicyclic amines) is 1. The van der Waals surface area contributed by atoms with Crippen molar-refractivity contribution in [2.24, 2.45) is 5.41 Å². The quantitative estimate of drug-likeness (QED) is 0.618. The minimum Gasteiger partial charge on any atom is -0.456 e. The Morgan fingerprint density at radius 2 is 1.92 bits per heavy atom. The lowest BCUT2D eigenvalue weighted by Crippen LogP contribution is -2.51. The highest BCUT2D eigenvalue weighted by Crippen LogP contribution is 2.48. The fourth-order valence-electron chi connectivity index (χ4n) is 4.07. The molecular weight excluding hydrogens is 332 g/mol. The number of cyclic esters (lactones) is 1. The summed E-state index contributed by atoms with van der Waals surface area (Å²) in [6.07, 6.45) is 3.77. The summed E-state index contributed by atoms with van der Waals surface area (Å²) in [7, 11) is 0. The third kappa shape index (κ3) is 2.81. The van der Waals surface area contributed by atoms with Crippen LogP contribution in [0.15, 0.2) is 11.3 Å². The van der Waals surface area contributed by atoms with E-state index in [1.165, 1.54) is 0 Å². The number of nitrogens with zero attached hydrogens (tertiary/aromatic N) is 1. The predicted octanol–water partition coefficient (Wildman–Crippen LogP) is 1.72. The molecule has 2 aliphatic heterocycles. The number of amides is 2. The van der Waals surface area contributed by atoms with E-state index in [1.807, 2.05) is 6.92 Å². The molecule has 24 heavy (non-hydrogen) atoms. The largest absolute Gasteiger partial charge is 0.456 e. The molecule has 0 atom stereocenters. The molecule has 1 saturated heterocycles. The van der Waals surface area contributed by atoms with Crippen molar-refractivity contribution < 1.29 is 19.1 Å². The SMILES string of the molecule is CC1=C(N2CCC3(CCC(C)(NC(=O)CCl)CC3)C2=O)COC1=O. The maximum atomic E-state index is 13.0. The molecule has 3 aliphatic rings. The summed E-state index contributed by atoms with van der Waals surface area (Å²) >= 11 is 5.58. The highest BCUT2D eigenvalue weighted by atomic mass is 35.5. The van der Waals surface area contributed by atoms with E-state index in [4.69, 9.17) is 16.3 Å². The Labute approximate surface area is 146 Å². The molecule has 3 rings (SSSR count). The molecule has 2 fully saturated rings. The second-order valence-electron chi connectivity index (χ2n) is 7.38. The standard InChI is InChI=1S/C17H23ClN2O4/c1-11-12(10-24-14(11)22)20-8-7-17(15(20)23)5-3-16(2,4-6-17)19-13(21)9-18/h3-10H2,1-2H3,(H,19,21). The summed E-state index contributed by atoms with van der Waals surface area (Å²) in [6.45, 7) is 4.54. The van der Waals surface area contributed by atoms with Gasteiger partial charge < -0.3 is 15.0 Å². The number of carbonyl (C=O) groups excluding carboxylic acids is 3. The van der Waals surface area contributed by atoms with Crippen LogP contribution in [0, 0.1) is 5.41 Å². The van der Waals surface area contributed by atoms with E-state index in [-0.39, 0.29) is 41.2 Å². The third-order valence-corrected chi connectivity index (χ3v) is 6.03. The molecule has 0 radical (unpaired) electrons. The number of hydrogen-bond donors (Lipinski definition) is 1. The number of alkyl halides is 1. The number of halogens is 1. The summed E-state index contributed by atoms with van der Waals surface area (Å²) in [6, 6.07) is 0. The first kappa shape index (κ1) is 17.3. The van der Waals surface area contributed by atoms with E-state index in [1.54, 1.807) is 11.8 Å². The topological polar surface area (TPSA) is 75.7 Å². The zero-order valence-corrected chi connectivity index (χ0v) is 14.9. The molecule has 1 spiro atoms. The van der Waals surface area contributed by atoms with E-state index in [9.17, 15) is 14.4 Å². The van der Waals surface area contributed by atoms with Crippen LogP contribution in [-0.2, 0) is 19.1 Å². The first-order valence-corrected chi connectivity index (χ1v) is 8.90. The highest BCUT2D eigenvalue weighted by Gasteiger charge is 2.52. The van der Waals surface area contributed by atoms with Gasteiger partial charge in [0.25, 0.3) is 0 Å². The fourth-order valence-corrected chi connectivity index (χ4v) is 4.13. The Morgan fingerprint density at radius 1 is 1.25 bits per heavy atom. The van der Waals surface area contributed by atoms with E-state index < -0.39 is 0 Å². The molecular formula is C17H23ClN2O4. The van der Waals surface area contributed by atoms with Gasteiger partial charge in [-0.1, -0.05) is 0 Å². The van der Waals surface area contributed by atoms with Crippen molar-refractivity contribution in [2.45, 2.75) is 51.5 Å². The maximum absolute atomic E-state index is 13.0. The van der Waals surface area contributed by atoms with Crippen molar-refractivity contribution in [1.82, 2.24) is 10.2 Å². The van der Waals surface area contributed by atoms with E-state index in [2.05, 4.69) is 5.32 Å². The molecule has 2 amide bonds. The molecule has 1 N–H and O–H groups in total. The van der Waals surface area contributed by atoms with Gasteiger partial charge in [0.1, 0.15) is 12.5 Å². The molecule has 6 nitrogen and oxygen atoms in total. The van der Waals surface area contributed by atoms with Gasteiger partial charge in [-0.2, -0.15) is 0 Å². The summed E-state index contributed by atoms with van der Waals surface area (Å²) in [5, 5.41) is 2.98. The average Bonchev–Trinajstić information content (AvgIpc) is 3.05. The highest BCUT2D eigenvalue weighted by molar-refractivity contribution is 6.27. The molecule has 7 heteroatoms. The Balaban J connectivity index is 1.70. The number of rotatable bonds is 3. The monoisotopic (exact) mass is 354 g/mol. The summed E-state index contributed by atoms with van der Waals surface area (Å²) < 4.78 is 5.04. The summed E-state index contributed by atoms with van der Waals surface area (Å²) in [5.41, 5.74) is 0.581. The molecule has 1 saturated carbocycles. The molecule has 0 aromatic rings. The van der Waals surface area contributed by atoms with Crippen LogP contribution in [0.25, 0.3) is 0 Å². The fraction of sp³-hybridized carbons (Fsp3) is 0.706. The van der Waals surface area contributed by atoms with Crippen LogP contribution in [0.5, 0.6) is 0 Å². The zero-order chi connectivity index (χ0) is 17.5. The van der Waals surface area contributed by atoms with Gasteiger partial charge in [-0.3, -0.25) is 9.59 Å². The van der Waals surface area contributed by atoms with Crippen LogP contribution in [0.1, 0.15) is 46.0 Å². The van der Waals surface area contributed by atoms with Crippen molar-refractivity contribution in [3.05, 3.63) is 11.3 Å². The van der Waals surface area contributed by atoms with Crippen molar-refractivity contribution in [3.8, 4) is 0 Å². The van der Waals surface area contributed by atoms with Crippen LogP contribution in [0.3, 0.4) is 0 Å². The molecule has 1 aliphatic carbocycles. The zero-order valence-electron chi connectivity index (χ0n) is 14.1. The maximum Gasteiger partial charge on any atom is 0.336 e. The number of hydrogen-bond acceptors (Lipinski definition) is 4. The van der Waals surface area contributed by atoms with Gasteiger partial charge in [-0.25, -0.2) is 4.79 Å². The second-order valence-corrected chi connectivity index (χ2v) is 7.64. The van der Waals surface area contributed by atoms with Gasteiger partial charge in [-0.15, -0.1) is 11.6 Å². The van der Waals surface area contributed by atoms with Gasteiger partial charge in [0.15, 0.2) is 0 Å². The lowest BCUT2D eigenvalue weighted by atomic mass is 9.67. The minimum absolute atomic E-state index is 0.0467. The average molecular weight is 355 g/mol. The minimum atomic E-state index is -0.371. The van der Waals surface area contributed by atoms with Crippen LogP contribution in [-0.4, -0.2) is 47.3 Å². The first-order valence-electron chi connectivity index (χ1n) is 8.36. The van der Waals surface area contributed by atoms with Gasteiger partial charge >= 0.3 is 5.97 Å². The molecule has 2 heterocycles. The smallest absolute Gasteiger partial charge is 0.336 e. The van der Waals surface area contributed by atoms with Crippen LogP contribution in [0.4, 0.5) is 0 Å². The Kier molecular flexibility index (Phi) is 4.36. The van der Waals surface area contributed by atoms with E-state index in [0.29, 0.717) is 17.8 Å². The van der Waals surface area contributed by atoms with E-state index >= 15 is 0 Å². The van der Waals surface area contributed by atoms with Gasteiger partial charge in [0, 0.05) is 12.1 Å². The van der Waals surface area contributed by atoms with Crippen molar-refractivity contribution in [3.63, 3.8) is 0 Å². The molecule has 132 valence electrons. The Morgan fingerprint density at radius 3 is 2.46 bits per heavy atom. The second kappa shape index (κ2) is 6.06. The van der Waals surface area contributed by atoms with Crippen molar-refractivity contribution >= 4 is 29.4 Å². The lowest BCUT2D eigenvalue weighted by molar-refractivity contribution is -0.138.